The van der Waals surface area contributed by atoms with Crippen LogP contribution < -0.4 is 9.64 Å². The molecule has 0 aliphatic carbocycles. The molecule has 8 rings (SSSR count). The number of nitrogens with one attached hydrogen (secondary N) is 1. The average molecular weight is 597 g/mol. The van der Waals surface area contributed by atoms with Crippen molar-refractivity contribution in [2.45, 2.75) is 57.3 Å². The highest BCUT2D eigenvalue weighted by molar-refractivity contribution is 5.99. The van der Waals surface area contributed by atoms with Gasteiger partial charge in [0.05, 0.1) is 23.5 Å². The summed E-state index contributed by atoms with van der Waals surface area (Å²) < 4.78 is 35.8. The number of hydrogen-bond acceptors (Lipinski definition) is 7. The number of halogens is 2. The van der Waals surface area contributed by atoms with Crippen molar-refractivity contribution in [1.82, 2.24) is 24.8 Å². The van der Waals surface area contributed by atoms with E-state index in [-0.39, 0.29) is 23.1 Å². The second-order valence-electron chi connectivity index (χ2n) is 12.4. The highest BCUT2D eigenvalue weighted by Gasteiger charge is 2.49. The van der Waals surface area contributed by atoms with E-state index in [9.17, 15) is 13.9 Å². The number of aromatic nitrogens is 4. The molecule has 3 aliphatic heterocycles. The highest BCUT2D eigenvalue weighted by Crippen LogP contribution is 2.42. The molecule has 226 valence electrons. The Morgan fingerprint density at radius 1 is 1.18 bits per heavy atom. The third kappa shape index (κ3) is 4.37. The topological polar surface area (TPSA) is 90.4 Å². The number of benzene rings is 2. The highest BCUT2D eigenvalue weighted by atomic mass is 19.1. The van der Waals surface area contributed by atoms with Crippen LogP contribution in [0.4, 0.5) is 14.5 Å². The molecule has 6 heterocycles. The van der Waals surface area contributed by atoms with Crippen LogP contribution in [0.25, 0.3) is 33.1 Å². The second kappa shape index (κ2) is 10.4. The van der Waals surface area contributed by atoms with Crippen LogP contribution in [0.15, 0.2) is 48.8 Å². The van der Waals surface area contributed by atoms with Gasteiger partial charge in [0.25, 0.3) is 0 Å². The number of hydrogen-bond donors (Lipinski definition) is 2. The van der Waals surface area contributed by atoms with Gasteiger partial charge in [-0.25, -0.2) is 13.8 Å². The Labute approximate surface area is 253 Å². The smallest absolute Gasteiger partial charge is 0.317 e. The van der Waals surface area contributed by atoms with Crippen LogP contribution in [-0.4, -0.2) is 67.9 Å². The lowest BCUT2D eigenvalue weighted by Gasteiger charge is -2.33. The molecule has 2 atom stereocenters. The fraction of sp³-hybridized carbons (Fsp3) is 0.382. The van der Waals surface area contributed by atoms with Crippen molar-refractivity contribution in [2.24, 2.45) is 0 Å². The number of ether oxygens (including phenoxy) is 1. The number of rotatable bonds is 6. The zero-order valence-electron chi connectivity index (χ0n) is 24.6. The van der Waals surface area contributed by atoms with Crippen LogP contribution in [0.1, 0.15) is 43.0 Å². The molecule has 0 unspecified atom stereocenters. The zero-order chi connectivity index (χ0) is 30.0. The van der Waals surface area contributed by atoms with E-state index in [0.717, 1.165) is 69.4 Å². The van der Waals surface area contributed by atoms with Gasteiger partial charge in [-0.3, -0.25) is 4.90 Å². The van der Waals surface area contributed by atoms with Gasteiger partial charge in [-0.05, 0) is 67.4 Å². The Kier molecular flexibility index (Phi) is 6.44. The molecule has 2 fully saturated rings. The summed E-state index contributed by atoms with van der Waals surface area (Å²) in [5, 5.41) is 13.2. The molecule has 2 aromatic carbocycles. The summed E-state index contributed by atoms with van der Waals surface area (Å²) in [6, 6.07) is 10.8. The maximum absolute atomic E-state index is 15.0. The summed E-state index contributed by atoms with van der Waals surface area (Å²) in [7, 11) is 0. The van der Waals surface area contributed by atoms with Crippen LogP contribution in [0.3, 0.4) is 0 Å². The predicted molar refractivity (Wildman–Crippen MR) is 165 cm³/mol. The van der Waals surface area contributed by atoms with Crippen LogP contribution >= 0.6 is 0 Å². The summed E-state index contributed by atoms with van der Waals surface area (Å²) in [5.41, 5.74) is 5.42. The van der Waals surface area contributed by atoms with Crippen molar-refractivity contribution in [1.29, 1.82) is 0 Å². The van der Waals surface area contributed by atoms with Gasteiger partial charge >= 0.3 is 6.01 Å². The maximum atomic E-state index is 15.0. The Hall–Kier alpha value is -4.31. The Morgan fingerprint density at radius 3 is 2.98 bits per heavy atom. The van der Waals surface area contributed by atoms with Crippen LogP contribution in [0.5, 0.6) is 11.8 Å². The standard InChI is InChI=1S/C34H34F2N6O2/c1-2-23-27(36)7-6-20-13-22(43)14-29(30(20)23)41-12-8-25-28(18-41)39-33(44-19-34-9-4-11-42(34)17-21(35)15-34)40-31(25)26-16-38-32-24(26)5-3-10-37-32/h3,5-7,10,13-14,16,21,43H,2,4,8-9,11-12,15,17-19H2,1H3,(H,37,38)/t21-,34+/m1/s1. The molecule has 44 heavy (non-hydrogen) atoms. The van der Waals surface area contributed by atoms with E-state index in [2.05, 4.69) is 19.8 Å². The number of fused-ring (bicyclic) bond motifs is 4. The molecule has 3 aromatic heterocycles. The minimum Gasteiger partial charge on any atom is -0.508 e. The molecular formula is C34H34F2N6O2. The van der Waals surface area contributed by atoms with E-state index in [1.807, 2.05) is 25.3 Å². The average Bonchev–Trinajstić information content (AvgIpc) is 3.71. The molecule has 0 spiro atoms. The fourth-order valence-corrected chi connectivity index (χ4v) is 7.77. The molecule has 10 heteroatoms. The third-order valence-electron chi connectivity index (χ3n) is 9.81. The summed E-state index contributed by atoms with van der Waals surface area (Å²) in [6.45, 7) is 4.69. The Morgan fingerprint density at radius 2 is 2.09 bits per heavy atom. The van der Waals surface area contributed by atoms with Gasteiger partial charge in [0.1, 0.15) is 30.0 Å². The number of aromatic hydroxyl groups is 1. The van der Waals surface area contributed by atoms with Gasteiger partial charge in [0, 0.05) is 65.6 Å². The first-order valence-electron chi connectivity index (χ1n) is 15.5. The first-order valence-corrected chi connectivity index (χ1v) is 15.5. The predicted octanol–water partition coefficient (Wildman–Crippen LogP) is 6.10. The van der Waals surface area contributed by atoms with Crippen molar-refractivity contribution in [3.05, 3.63) is 71.4 Å². The Balaban J connectivity index is 1.22. The maximum Gasteiger partial charge on any atom is 0.317 e. The molecule has 3 aliphatic rings. The second-order valence-corrected chi connectivity index (χ2v) is 12.4. The molecule has 8 nitrogen and oxygen atoms in total. The SMILES string of the molecule is CCc1c(F)ccc2cc(O)cc(N3CCc4c(nc(OC[C@@]56CCCN5C[C@H](F)C6)nc4-c4c[nH]c5ncccc45)C3)c12. The lowest BCUT2D eigenvalue weighted by atomic mass is 9.95. The largest absolute Gasteiger partial charge is 0.508 e. The van der Waals surface area contributed by atoms with Crippen LogP contribution in [0, 0.1) is 5.82 Å². The molecular weight excluding hydrogens is 562 g/mol. The van der Waals surface area contributed by atoms with Gasteiger partial charge in [0.2, 0.25) is 0 Å². The zero-order valence-corrected chi connectivity index (χ0v) is 24.6. The summed E-state index contributed by atoms with van der Waals surface area (Å²) in [6.07, 6.45) is 6.40. The van der Waals surface area contributed by atoms with E-state index in [0.29, 0.717) is 51.1 Å². The van der Waals surface area contributed by atoms with Gasteiger partial charge in [-0.2, -0.15) is 9.97 Å². The van der Waals surface area contributed by atoms with Gasteiger partial charge in [-0.1, -0.05) is 13.0 Å². The van der Waals surface area contributed by atoms with Gasteiger partial charge in [-0.15, -0.1) is 0 Å². The van der Waals surface area contributed by atoms with Crippen LogP contribution in [0.2, 0.25) is 0 Å². The minimum atomic E-state index is -0.846. The quantitative estimate of drug-likeness (QED) is 0.245. The first kappa shape index (κ1) is 27.3. The van der Waals surface area contributed by atoms with Crippen molar-refractivity contribution in [2.75, 3.05) is 31.1 Å². The summed E-state index contributed by atoms with van der Waals surface area (Å²) in [4.78, 5) is 22.0. The fourth-order valence-electron chi connectivity index (χ4n) is 7.77. The lowest BCUT2D eigenvalue weighted by Crippen LogP contribution is -2.43. The molecule has 2 N–H and O–H groups in total. The summed E-state index contributed by atoms with van der Waals surface area (Å²) in [5.74, 6) is -0.117. The van der Waals surface area contributed by atoms with E-state index in [1.54, 1.807) is 24.4 Å². The van der Waals surface area contributed by atoms with Crippen molar-refractivity contribution < 1.29 is 18.6 Å². The molecule has 0 saturated carbocycles. The van der Waals surface area contributed by atoms with Crippen molar-refractivity contribution in [3.8, 4) is 23.0 Å². The number of anilines is 1. The molecule has 0 radical (unpaired) electrons. The number of phenols is 1. The number of alkyl halides is 1. The Bertz CT molecular complexity index is 1910. The summed E-state index contributed by atoms with van der Waals surface area (Å²) >= 11 is 0. The van der Waals surface area contributed by atoms with Crippen molar-refractivity contribution >= 4 is 27.5 Å². The molecule has 5 aromatic rings. The normalized spacial score (nSPS) is 21.7. The monoisotopic (exact) mass is 596 g/mol. The minimum absolute atomic E-state index is 0.133. The van der Waals surface area contributed by atoms with E-state index >= 15 is 0 Å². The lowest BCUT2D eigenvalue weighted by molar-refractivity contribution is 0.107. The van der Waals surface area contributed by atoms with E-state index in [4.69, 9.17) is 14.7 Å². The van der Waals surface area contributed by atoms with E-state index < -0.39 is 6.17 Å². The van der Waals surface area contributed by atoms with E-state index in [1.165, 1.54) is 6.07 Å². The number of phenolic OH excluding ortho intramolecular Hbond substituents is 1. The van der Waals surface area contributed by atoms with Crippen molar-refractivity contribution in [3.63, 3.8) is 0 Å². The number of pyridine rings is 1. The van der Waals surface area contributed by atoms with Crippen LogP contribution in [-0.2, 0) is 19.4 Å². The number of aryl methyl sites for hydroxylation is 1. The molecule has 2 saturated heterocycles. The van der Waals surface area contributed by atoms with Gasteiger partial charge < -0.3 is 19.7 Å². The number of aromatic amines is 1. The number of H-pyrrole nitrogens is 1. The van der Waals surface area contributed by atoms with Gasteiger partial charge in [0.15, 0.2) is 0 Å². The third-order valence-corrected chi connectivity index (χ3v) is 9.81. The molecule has 0 bridgehead atoms. The molecule has 0 amide bonds. The number of nitrogens with zero attached hydrogens (tertiary/aromatic N) is 5. The first-order chi connectivity index (χ1) is 21.4.